The molecule has 2 aromatic rings. The zero-order valence-corrected chi connectivity index (χ0v) is 12.1. The number of nitrogen functional groups attached to an aromatic ring is 1. The molecule has 0 aliphatic carbocycles. The Balaban J connectivity index is 1.99. The highest BCUT2D eigenvalue weighted by atomic mass is 35.5. The molecular weight excluding hydrogens is 297 g/mol. The van der Waals surface area contributed by atoms with E-state index in [0.717, 1.165) is 35.6 Å². The van der Waals surface area contributed by atoms with Crippen molar-refractivity contribution in [2.24, 2.45) is 5.73 Å². The fourth-order valence-corrected chi connectivity index (χ4v) is 2.88. The molecule has 0 amide bonds. The lowest BCUT2D eigenvalue weighted by molar-refractivity contribution is 0.863. The maximum Gasteiger partial charge on any atom is 0.215 e. The molecular formula is C13H13Cl2N5. The number of benzene rings is 1. The minimum atomic E-state index is -0.0934. The largest absolute Gasteiger partial charge is 0.369 e. The Morgan fingerprint density at radius 2 is 2.25 bits per heavy atom. The summed E-state index contributed by atoms with van der Waals surface area (Å²) < 4.78 is 1.43. The molecule has 0 saturated heterocycles. The molecule has 1 aromatic carbocycles. The first-order chi connectivity index (χ1) is 9.56. The normalized spacial score (nSPS) is 13.1. The molecule has 0 unspecified atom stereocenters. The molecule has 1 aliphatic rings. The number of nitrogens with two attached hydrogens (primary N) is 1. The van der Waals surface area contributed by atoms with Gasteiger partial charge in [0.05, 0.1) is 5.69 Å². The predicted molar refractivity (Wildman–Crippen MR) is 81.0 cm³/mol. The first-order valence-corrected chi connectivity index (χ1v) is 6.95. The topological polar surface area (TPSA) is 79.7 Å². The van der Waals surface area contributed by atoms with Crippen molar-refractivity contribution < 1.29 is 0 Å². The molecule has 0 fully saturated rings. The summed E-state index contributed by atoms with van der Waals surface area (Å²) in [7, 11) is 0. The van der Waals surface area contributed by atoms with Crippen LogP contribution in [0, 0.1) is 5.41 Å². The zero-order chi connectivity index (χ0) is 14.3. The highest BCUT2D eigenvalue weighted by Gasteiger charge is 2.23. The van der Waals surface area contributed by atoms with Gasteiger partial charge in [-0.3, -0.25) is 5.41 Å². The summed E-state index contributed by atoms with van der Waals surface area (Å²) in [6.45, 7) is 0.835. The Hall–Kier alpha value is -1.72. The first kappa shape index (κ1) is 13.3. The first-order valence-electron chi connectivity index (χ1n) is 6.19. The summed E-state index contributed by atoms with van der Waals surface area (Å²) in [5.41, 5.74) is 8.50. The number of rotatable bonds is 2. The highest BCUT2D eigenvalue weighted by molar-refractivity contribution is 6.35. The van der Waals surface area contributed by atoms with E-state index in [1.165, 1.54) is 4.68 Å². The molecule has 0 saturated carbocycles. The monoisotopic (exact) mass is 309 g/mol. The third-order valence-electron chi connectivity index (χ3n) is 3.34. The SMILES string of the molecule is N=C(N)n1nc(Cc2ccc(Cl)cc2Cl)c2c1NCC2. The number of hydrogen-bond donors (Lipinski definition) is 3. The van der Waals surface area contributed by atoms with Crippen molar-refractivity contribution in [2.75, 3.05) is 11.9 Å². The van der Waals surface area contributed by atoms with E-state index in [1.807, 2.05) is 12.1 Å². The molecule has 7 heteroatoms. The van der Waals surface area contributed by atoms with Crippen LogP contribution in [-0.2, 0) is 12.8 Å². The van der Waals surface area contributed by atoms with Gasteiger partial charge in [0, 0.05) is 28.6 Å². The third-order valence-corrected chi connectivity index (χ3v) is 3.92. The summed E-state index contributed by atoms with van der Waals surface area (Å²) in [5.74, 6) is 0.724. The van der Waals surface area contributed by atoms with Crippen LogP contribution in [0.2, 0.25) is 10.0 Å². The van der Waals surface area contributed by atoms with Crippen molar-refractivity contribution >= 4 is 35.0 Å². The molecule has 0 radical (unpaired) electrons. The van der Waals surface area contributed by atoms with Gasteiger partial charge in [-0.2, -0.15) is 9.78 Å². The molecule has 5 nitrogen and oxygen atoms in total. The number of halogens is 2. The van der Waals surface area contributed by atoms with Gasteiger partial charge in [-0.1, -0.05) is 29.3 Å². The van der Waals surface area contributed by atoms with Crippen LogP contribution in [0.3, 0.4) is 0 Å². The van der Waals surface area contributed by atoms with Gasteiger partial charge in [-0.05, 0) is 24.1 Å². The van der Waals surface area contributed by atoms with Gasteiger partial charge in [-0.25, -0.2) is 0 Å². The average Bonchev–Trinajstić information content (AvgIpc) is 2.95. The molecule has 1 aliphatic heterocycles. The van der Waals surface area contributed by atoms with Crippen LogP contribution in [0.5, 0.6) is 0 Å². The van der Waals surface area contributed by atoms with Crippen molar-refractivity contribution in [2.45, 2.75) is 12.8 Å². The second-order valence-corrected chi connectivity index (χ2v) is 5.50. The van der Waals surface area contributed by atoms with Crippen molar-refractivity contribution in [1.82, 2.24) is 9.78 Å². The fourth-order valence-electron chi connectivity index (χ4n) is 2.41. The maximum atomic E-state index is 7.56. The average molecular weight is 310 g/mol. The van der Waals surface area contributed by atoms with Crippen LogP contribution in [0.4, 0.5) is 5.82 Å². The molecule has 1 aromatic heterocycles. The Morgan fingerprint density at radius 1 is 1.45 bits per heavy atom. The summed E-state index contributed by atoms with van der Waals surface area (Å²) >= 11 is 12.1. The minimum absolute atomic E-state index is 0.0934. The van der Waals surface area contributed by atoms with E-state index in [1.54, 1.807) is 6.07 Å². The number of nitrogens with zero attached hydrogens (tertiary/aromatic N) is 2. The number of aromatic nitrogens is 2. The van der Waals surface area contributed by atoms with E-state index < -0.39 is 0 Å². The molecule has 0 bridgehead atoms. The molecule has 20 heavy (non-hydrogen) atoms. The number of nitrogens with one attached hydrogen (secondary N) is 2. The predicted octanol–water partition coefficient (Wildman–Crippen LogP) is 2.49. The molecule has 0 atom stereocenters. The minimum Gasteiger partial charge on any atom is -0.369 e. The molecule has 104 valence electrons. The molecule has 2 heterocycles. The molecule has 3 rings (SSSR count). The van der Waals surface area contributed by atoms with Crippen LogP contribution in [0.25, 0.3) is 0 Å². The van der Waals surface area contributed by atoms with Crippen LogP contribution in [-0.4, -0.2) is 22.3 Å². The summed E-state index contributed by atoms with van der Waals surface area (Å²) in [6.07, 6.45) is 1.48. The summed E-state index contributed by atoms with van der Waals surface area (Å²) in [4.78, 5) is 0. The lowest BCUT2D eigenvalue weighted by Gasteiger charge is -2.04. The highest BCUT2D eigenvalue weighted by Crippen LogP contribution is 2.29. The Morgan fingerprint density at radius 3 is 2.95 bits per heavy atom. The van der Waals surface area contributed by atoms with Gasteiger partial charge in [-0.15, -0.1) is 0 Å². The van der Waals surface area contributed by atoms with Gasteiger partial charge in [0.1, 0.15) is 5.82 Å². The van der Waals surface area contributed by atoms with Gasteiger partial charge in [0.15, 0.2) is 0 Å². The van der Waals surface area contributed by atoms with E-state index in [0.29, 0.717) is 16.5 Å². The van der Waals surface area contributed by atoms with Crippen molar-refractivity contribution in [1.29, 1.82) is 5.41 Å². The van der Waals surface area contributed by atoms with Crippen LogP contribution in [0.1, 0.15) is 16.8 Å². The van der Waals surface area contributed by atoms with Gasteiger partial charge in [0.25, 0.3) is 0 Å². The van der Waals surface area contributed by atoms with E-state index in [4.69, 9.17) is 34.3 Å². The lowest BCUT2D eigenvalue weighted by Crippen LogP contribution is -2.23. The smallest absolute Gasteiger partial charge is 0.215 e. The third kappa shape index (κ3) is 2.23. The molecule has 4 N–H and O–H groups in total. The van der Waals surface area contributed by atoms with Crippen molar-refractivity contribution in [3.8, 4) is 0 Å². The Labute approximate surface area is 126 Å². The second-order valence-electron chi connectivity index (χ2n) is 4.66. The van der Waals surface area contributed by atoms with Gasteiger partial charge >= 0.3 is 0 Å². The van der Waals surface area contributed by atoms with E-state index in [-0.39, 0.29) is 5.96 Å². The van der Waals surface area contributed by atoms with E-state index in [9.17, 15) is 0 Å². The zero-order valence-electron chi connectivity index (χ0n) is 10.6. The number of anilines is 1. The Kier molecular flexibility index (Phi) is 3.31. The second kappa shape index (κ2) is 5.00. The molecule has 0 spiro atoms. The van der Waals surface area contributed by atoms with Crippen LogP contribution >= 0.6 is 23.2 Å². The van der Waals surface area contributed by atoms with Gasteiger partial charge < -0.3 is 11.1 Å². The number of fused-ring (bicyclic) bond motifs is 1. The maximum absolute atomic E-state index is 7.56. The van der Waals surface area contributed by atoms with Crippen molar-refractivity contribution in [3.63, 3.8) is 0 Å². The van der Waals surface area contributed by atoms with E-state index >= 15 is 0 Å². The van der Waals surface area contributed by atoms with Crippen LogP contribution < -0.4 is 11.1 Å². The summed E-state index contributed by atoms with van der Waals surface area (Å²) in [6, 6.07) is 5.42. The standard InChI is InChI=1S/C13H13Cl2N5/c14-8-2-1-7(10(15)6-8)5-11-9-3-4-18-12(9)20(19-11)13(16)17/h1-2,6,18H,3-5H2,(H3,16,17). The summed E-state index contributed by atoms with van der Waals surface area (Å²) in [5, 5.41) is 16.4. The van der Waals surface area contributed by atoms with Crippen molar-refractivity contribution in [3.05, 3.63) is 45.1 Å². The van der Waals surface area contributed by atoms with E-state index in [2.05, 4.69) is 10.4 Å². The quantitative estimate of drug-likeness (QED) is 0.589. The fraction of sp³-hybridized carbons (Fsp3) is 0.231. The van der Waals surface area contributed by atoms with Gasteiger partial charge in [0.2, 0.25) is 5.96 Å². The van der Waals surface area contributed by atoms with Crippen LogP contribution in [0.15, 0.2) is 18.2 Å². The Bertz CT molecular complexity index is 692. The number of hydrogen-bond acceptors (Lipinski definition) is 3. The lowest BCUT2D eigenvalue weighted by atomic mass is 10.1.